The van der Waals surface area contributed by atoms with E-state index in [0.717, 1.165) is 10.5 Å². The summed E-state index contributed by atoms with van der Waals surface area (Å²) in [5.74, 6) is 0. The SMILES string of the molecule is Cc1ccc(S(=O)/C=C/CCNC(=O)OC(C)(C)C)cc1. The maximum Gasteiger partial charge on any atom is 0.407 e. The Morgan fingerprint density at radius 1 is 1.29 bits per heavy atom. The Balaban J connectivity index is 2.30. The molecule has 116 valence electrons. The van der Waals surface area contributed by atoms with E-state index in [4.69, 9.17) is 4.74 Å². The molecule has 1 unspecified atom stereocenters. The van der Waals surface area contributed by atoms with Crippen LogP contribution in [0.4, 0.5) is 4.79 Å². The Kier molecular flexibility index (Phi) is 6.62. The second-order valence-corrected chi connectivity index (χ2v) is 7.04. The van der Waals surface area contributed by atoms with Gasteiger partial charge in [0.2, 0.25) is 0 Å². The second-order valence-electron chi connectivity index (χ2n) is 5.70. The summed E-state index contributed by atoms with van der Waals surface area (Å²) in [5.41, 5.74) is 0.647. The lowest BCUT2D eigenvalue weighted by atomic mass is 10.2. The van der Waals surface area contributed by atoms with E-state index in [1.54, 1.807) is 11.5 Å². The fourth-order valence-electron chi connectivity index (χ4n) is 1.48. The molecule has 0 spiro atoms. The van der Waals surface area contributed by atoms with Crippen molar-refractivity contribution < 1.29 is 13.7 Å². The van der Waals surface area contributed by atoms with Gasteiger partial charge in [-0.2, -0.15) is 0 Å². The molecule has 1 amide bonds. The smallest absolute Gasteiger partial charge is 0.407 e. The summed E-state index contributed by atoms with van der Waals surface area (Å²) < 4.78 is 17.1. The molecule has 0 aliphatic carbocycles. The van der Waals surface area contributed by atoms with E-state index in [2.05, 4.69) is 5.32 Å². The number of amides is 1. The number of aryl methyl sites for hydroxylation is 1. The van der Waals surface area contributed by atoms with Gasteiger partial charge >= 0.3 is 6.09 Å². The van der Waals surface area contributed by atoms with Crippen LogP contribution in [0.25, 0.3) is 0 Å². The van der Waals surface area contributed by atoms with E-state index in [1.165, 1.54) is 0 Å². The first-order valence-electron chi connectivity index (χ1n) is 6.89. The Labute approximate surface area is 129 Å². The van der Waals surface area contributed by atoms with Gasteiger partial charge in [-0.05, 0) is 46.2 Å². The van der Waals surface area contributed by atoms with Crippen LogP contribution < -0.4 is 5.32 Å². The molecule has 1 aromatic carbocycles. The van der Waals surface area contributed by atoms with Crippen molar-refractivity contribution in [1.29, 1.82) is 0 Å². The maximum absolute atomic E-state index is 12.0. The number of benzene rings is 1. The number of carbonyl (C=O) groups excluding carboxylic acids is 1. The molecule has 0 radical (unpaired) electrons. The average Bonchev–Trinajstić information content (AvgIpc) is 2.36. The number of hydrogen-bond acceptors (Lipinski definition) is 3. The first-order chi connectivity index (χ1) is 9.78. The molecular weight excluding hydrogens is 286 g/mol. The van der Waals surface area contributed by atoms with Gasteiger partial charge in [0.15, 0.2) is 0 Å². The molecule has 0 bridgehead atoms. The summed E-state index contributed by atoms with van der Waals surface area (Å²) in [6.45, 7) is 7.90. The van der Waals surface area contributed by atoms with Crippen LogP contribution in [0.3, 0.4) is 0 Å². The summed E-state index contributed by atoms with van der Waals surface area (Å²) in [7, 11) is -1.15. The van der Waals surface area contributed by atoms with E-state index in [9.17, 15) is 9.00 Å². The number of alkyl carbamates (subject to hydrolysis) is 1. The van der Waals surface area contributed by atoms with E-state index in [1.807, 2.05) is 52.0 Å². The Morgan fingerprint density at radius 2 is 1.90 bits per heavy atom. The van der Waals surface area contributed by atoms with Crippen LogP contribution in [0.15, 0.2) is 40.6 Å². The van der Waals surface area contributed by atoms with Crippen LogP contribution in [0.1, 0.15) is 32.8 Å². The van der Waals surface area contributed by atoms with Gasteiger partial charge < -0.3 is 10.1 Å². The molecule has 4 nitrogen and oxygen atoms in total. The molecule has 1 rings (SSSR count). The Morgan fingerprint density at radius 3 is 2.48 bits per heavy atom. The molecule has 0 heterocycles. The standard InChI is InChI=1S/C16H23NO3S/c1-13-7-9-14(10-8-13)21(19)12-6-5-11-17-15(18)20-16(2,3)4/h6-10,12H,5,11H2,1-4H3,(H,17,18)/b12-6+. The van der Waals surface area contributed by atoms with E-state index in [0.29, 0.717) is 13.0 Å². The average molecular weight is 309 g/mol. The highest BCUT2D eigenvalue weighted by Crippen LogP contribution is 2.09. The molecule has 1 aromatic rings. The summed E-state index contributed by atoms with van der Waals surface area (Å²) in [6, 6.07) is 7.58. The van der Waals surface area contributed by atoms with Crippen LogP contribution in [-0.2, 0) is 15.5 Å². The summed E-state index contributed by atoms with van der Waals surface area (Å²) in [6.07, 6.45) is 1.97. The van der Waals surface area contributed by atoms with Crippen molar-refractivity contribution >= 4 is 16.9 Å². The van der Waals surface area contributed by atoms with Gasteiger partial charge in [0.05, 0.1) is 10.8 Å². The van der Waals surface area contributed by atoms with E-state index >= 15 is 0 Å². The lowest BCUT2D eigenvalue weighted by Crippen LogP contribution is -2.32. The predicted molar refractivity (Wildman–Crippen MR) is 85.6 cm³/mol. The first kappa shape index (κ1) is 17.4. The van der Waals surface area contributed by atoms with Gasteiger partial charge in [0.1, 0.15) is 5.60 Å². The molecule has 0 aliphatic rings. The third-order valence-corrected chi connectivity index (χ3v) is 3.63. The highest BCUT2D eigenvalue weighted by molar-refractivity contribution is 7.88. The highest BCUT2D eigenvalue weighted by atomic mass is 32.2. The van der Waals surface area contributed by atoms with Gasteiger partial charge in [0, 0.05) is 16.8 Å². The summed E-state index contributed by atoms with van der Waals surface area (Å²) in [4.78, 5) is 12.2. The molecular formula is C16H23NO3S. The summed E-state index contributed by atoms with van der Waals surface area (Å²) in [5, 5.41) is 4.29. The van der Waals surface area contributed by atoms with Crippen LogP contribution in [0.2, 0.25) is 0 Å². The molecule has 1 N–H and O–H groups in total. The Hall–Kier alpha value is -1.62. The lowest BCUT2D eigenvalue weighted by Gasteiger charge is -2.19. The lowest BCUT2D eigenvalue weighted by molar-refractivity contribution is 0.0529. The monoisotopic (exact) mass is 309 g/mol. The number of ether oxygens (including phenoxy) is 1. The molecule has 1 atom stereocenters. The fraction of sp³-hybridized carbons (Fsp3) is 0.438. The van der Waals surface area contributed by atoms with Crippen molar-refractivity contribution in [3.05, 3.63) is 41.3 Å². The van der Waals surface area contributed by atoms with Crippen LogP contribution in [-0.4, -0.2) is 22.4 Å². The molecule has 0 aromatic heterocycles. The van der Waals surface area contributed by atoms with E-state index in [-0.39, 0.29) is 0 Å². The minimum Gasteiger partial charge on any atom is -0.444 e. The van der Waals surface area contributed by atoms with Gasteiger partial charge in [-0.1, -0.05) is 23.8 Å². The van der Waals surface area contributed by atoms with Crippen molar-refractivity contribution in [3.8, 4) is 0 Å². The first-order valence-corrected chi connectivity index (χ1v) is 8.10. The maximum atomic E-state index is 12.0. The highest BCUT2D eigenvalue weighted by Gasteiger charge is 2.15. The largest absolute Gasteiger partial charge is 0.444 e. The zero-order valence-electron chi connectivity index (χ0n) is 13.0. The molecule has 0 saturated heterocycles. The number of hydrogen-bond donors (Lipinski definition) is 1. The summed E-state index contributed by atoms with van der Waals surface area (Å²) >= 11 is 0. The number of nitrogens with one attached hydrogen (secondary N) is 1. The molecule has 0 aliphatic heterocycles. The molecule has 21 heavy (non-hydrogen) atoms. The predicted octanol–water partition coefficient (Wildman–Crippen LogP) is 3.53. The van der Waals surface area contributed by atoms with Crippen LogP contribution in [0, 0.1) is 6.92 Å². The minimum atomic E-state index is -1.15. The van der Waals surface area contributed by atoms with Crippen molar-refractivity contribution in [2.75, 3.05) is 6.54 Å². The van der Waals surface area contributed by atoms with Gasteiger partial charge in [-0.25, -0.2) is 9.00 Å². The molecule has 0 fully saturated rings. The van der Waals surface area contributed by atoms with Crippen LogP contribution >= 0.6 is 0 Å². The van der Waals surface area contributed by atoms with E-state index < -0.39 is 22.5 Å². The van der Waals surface area contributed by atoms with Gasteiger partial charge in [-0.15, -0.1) is 0 Å². The van der Waals surface area contributed by atoms with Crippen molar-refractivity contribution in [1.82, 2.24) is 5.32 Å². The normalized spacial score (nSPS) is 13.1. The Bertz CT molecular complexity index is 515. The third kappa shape index (κ3) is 7.66. The minimum absolute atomic E-state index is 0.435. The zero-order valence-corrected chi connectivity index (χ0v) is 13.8. The quantitative estimate of drug-likeness (QED) is 0.847. The second kappa shape index (κ2) is 7.98. The van der Waals surface area contributed by atoms with Gasteiger partial charge in [-0.3, -0.25) is 0 Å². The number of rotatable bonds is 5. The molecule has 5 heteroatoms. The van der Waals surface area contributed by atoms with Crippen molar-refractivity contribution in [3.63, 3.8) is 0 Å². The fourth-order valence-corrected chi connectivity index (χ4v) is 2.35. The zero-order chi connectivity index (χ0) is 15.9. The van der Waals surface area contributed by atoms with Crippen LogP contribution in [0.5, 0.6) is 0 Å². The van der Waals surface area contributed by atoms with Crippen molar-refractivity contribution in [2.24, 2.45) is 0 Å². The topological polar surface area (TPSA) is 55.4 Å². The van der Waals surface area contributed by atoms with Crippen molar-refractivity contribution in [2.45, 2.75) is 44.6 Å². The third-order valence-electron chi connectivity index (χ3n) is 2.45. The molecule has 0 saturated carbocycles. The number of carbonyl (C=O) groups is 1. The van der Waals surface area contributed by atoms with Gasteiger partial charge in [0.25, 0.3) is 0 Å².